The van der Waals surface area contributed by atoms with E-state index in [1.165, 1.54) is 25.7 Å². The molecule has 1 aromatic heterocycles. The van der Waals surface area contributed by atoms with Crippen LogP contribution in [0.5, 0.6) is 0 Å². The van der Waals surface area contributed by atoms with Crippen LogP contribution in [0.3, 0.4) is 0 Å². The molecule has 1 atom stereocenters. The Balaban J connectivity index is 1.42. The number of nitrogens with zero attached hydrogens (tertiary/aromatic N) is 3. The van der Waals surface area contributed by atoms with Gasteiger partial charge in [-0.05, 0) is 38.5 Å². The Morgan fingerprint density at radius 3 is 2.88 bits per heavy atom. The van der Waals surface area contributed by atoms with Gasteiger partial charge in [0.2, 0.25) is 11.8 Å². The molecule has 1 aliphatic heterocycles. The summed E-state index contributed by atoms with van der Waals surface area (Å²) in [6.45, 7) is 5.49. The average Bonchev–Trinajstić information content (AvgIpc) is 3.35. The molecule has 26 heavy (non-hydrogen) atoms. The van der Waals surface area contributed by atoms with Gasteiger partial charge in [-0.15, -0.1) is 0 Å². The molecule has 0 radical (unpaired) electrons. The van der Waals surface area contributed by atoms with Gasteiger partial charge in [-0.25, -0.2) is 0 Å². The first-order valence-electron chi connectivity index (χ1n) is 10.0. The van der Waals surface area contributed by atoms with E-state index in [9.17, 15) is 4.79 Å². The molecule has 1 amide bonds. The maximum atomic E-state index is 12.1. The van der Waals surface area contributed by atoms with Crippen LogP contribution in [0.15, 0.2) is 4.52 Å². The second kappa shape index (κ2) is 10.0. The monoisotopic (exact) mass is 365 g/mol. The topological polar surface area (TPSA) is 77.7 Å². The Hall–Kier alpha value is -1.47. The van der Waals surface area contributed by atoms with Crippen molar-refractivity contribution in [2.45, 2.75) is 57.8 Å². The van der Waals surface area contributed by atoms with Gasteiger partial charge in [0.1, 0.15) is 6.61 Å². The zero-order chi connectivity index (χ0) is 18.2. The third-order valence-electron chi connectivity index (χ3n) is 5.34. The van der Waals surface area contributed by atoms with E-state index in [0.717, 1.165) is 31.9 Å². The van der Waals surface area contributed by atoms with E-state index >= 15 is 0 Å². The standard InChI is InChI=1S/C19H31N3O4/c1-2-24-14-18(23)22-10-5-8-16(12-22)19-20-17(21-26-19)9-11-25-13-15-6-3-4-7-15/h15-16H,2-14H2,1H3. The Labute approximate surface area is 155 Å². The van der Waals surface area contributed by atoms with Crippen molar-refractivity contribution in [2.75, 3.05) is 39.5 Å². The molecule has 7 heteroatoms. The van der Waals surface area contributed by atoms with Crippen LogP contribution in [0.1, 0.15) is 63.1 Å². The normalized spacial score (nSPS) is 21.4. The Kier molecular flexibility index (Phi) is 7.43. The van der Waals surface area contributed by atoms with Gasteiger partial charge in [-0.2, -0.15) is 4.98 Å². The highest BCUT2D eigenvalue weighted by atomic mass is 16.5. The minimum absolute atomic E-state index is 0.0385. The molecule has 0 spiro atoms. The molecule has 1 saturated carbocycles. The predicted octanol–water partition coefficient (Wildman–Crippen LogP) is 2.56. The van der Waals surface area contributed by atoms with Crippen LogP contribution in [0.4, 0.5) is 0 Å². The molecule has 3 rings (SSSR count). The van der Waals surface area contributed by atoms with Crippen LogP contribution in [-0.2, 0) is 20.7 Å². The van der Waals surface area contributed by atoms with Crippen molar-refractivity contribution < 1.29 is 18.8 Å². The number of piperidine rings is 1. The minimum Gasteiger partial charge on any atom is -0.381 e. The molecule has 2 aliphatic rings. The third-order valence-corrected chi connectivity index (χ3v) is 5.34. The zero-order valence-electron chi connectivity index (χ0n) is 15.8. The molecule has 0 bridgehead atoms. The number of carbonyl (C=O) groups excluding carboxylic acids is 1. The summed E-state index contributed by atoms with van der Waals surface area (Å²) >= 11 is 0. The first-order valence-corrected chi connectivity index (χ1v) is 10.0. The Morgan fingerprint density at radius 2 is 2.08 bits per heavy atom. The maximum Gasteiger partial charge on any atom is 0.248 e. The van der Waals surface area contributed by atoms with Gasteiger partial charge in [0, 0.05) is 32.7 Å². The molecular formula is C19H31N3O4. The lowest BCUT2D eigenvalue weighted by molar-refractivity contribution is -0.137. The van der Waals surface area contributed by atoms with E-state index in [2.05, 4.69) is 10.1 Å². The van der Waals surface area contributed by atoms with E-state index < -0.39 is 0 Å². The summed E-state index contributed by atoms with van der Waals surface area (Å²) in [7, 11) is 0. The van der Waals surface area contributed by atoms with Gasteiger partial charge in [0.15, 0.2) is 5.82 Å². The molecule has 7 nitrogen and oxygen atoms in total. The number of carbonyl (C=O) groups is 1. The average molecular weight is 365 g/mol. The van der Waals surface area contributed by atoms with Gasteiger partial charge < -0.3 is 18.9 Å². The van der Waals surface area contributed by atoms with Crippen LogP contribution >= 0.6 is 0 Å². The highest BCUT2D eigenvalue weighted by molar-refractivity contribution is 5.77. The van der Waals surface area contributed by atoms with Gasteiger partial charge in [-0.3, -0.25) is 4.79 Å². The summed E-state index contributed by atoms with van der Waals surface area (Å²) in [6.07, 6.45) is 7.87. The number of ether oxygens (including phenoxy) is 2. The summed E-state index contributed by atoms with van der Waals surface area (Å²) < 4.78 is 16.5. The van der Waals surface area contributed by atoms with E-state index in [0.29, 0.717) is 37.9 Å². The number of aromatic nitrogens is 2. The smallest absolute Gasteiger partial charge is 0.248 e. The van der Waals surface area contributed by atoms with Crippen molar-refractivity contribution >= 4 is 5.91 Å². The van der Waals surface area contributed by atoms with Crippen LogP contribution in [0, 0.1) is 5.92 Å². The summed E-state index contributed by atoms with van der Waals surface area (Å²) in [5.74, 6) is 2.23. The number of likely N-dealkylation sites (tertiary alicyclic amines) is 1. The number of amides is 1. The van der Waals surface area contributed by atoms with Crippen molar-refractivity contribution in [3.05, 3.63) is 11.7 Å². The molecule has 1 aliphatic carbocycles. The highest BCUT2D eigenvalue weighted by Gasteiger charge is 2.28. The molecule has 1 unspecified atom stereocenters. The SMILES string of the molecule is CCOCC(=O)N1CCCC(c2nc(CCOCC3CCCC3)no2)C1. The second-order valence-electron chi connectivity index (χ2n) is 7.34. The van der Waals surface area contributed by atoms with Crippen molar-refractivity contribution in [3.63, 3.8) is 0 Å². The van der Waals surface area contributed by atoms with Crippen LogP contribution in [0.25, 0.3) is 0 Å². The predicted molar refractivity (Wildman–Crippen MR) is 95.8 cm³/mol. The van der Waals surface area contributed by atoms with Gasteiger partial charge in [0.25, 0.3) is 0 Å². The first-order chi connectivity index (χ1) is 12.8. The summed E-state index contributed by atoms with van der Waals surface area (Å²) in [6, 6.07) is 0. The number of hydrogen-bond donors (Lipinski definition) is 0. The highest BCUT2D eigenvalue weighted by Crippen LogP contribution is 2.26. The molecular weight excluding hydrogens is 334 g/mol. The quantitative estimate of drug-likeness (QED) is 0.626. The molecule has 1 saturated heterocycles. The summed E-state index contributed by atoms with van der Waals surface area (Å²) in [4.78, 5) is 18.5. The largest absolute Gasteiger partial charge is 0.381 e. The molecule has 2 heterocycles. The third kappa shape index (κ3) is 5.51. The lowest BCUT2D eigenvalue weighted by Crippen LogP contribution is -2.41. The van der Waals surface area contributed by atoms with Crippen LogP contribution < -0.4 is 0 Å². The molecule has 146 valence electrons. The second-order valence-corrected chi connectivity index (χ2v) is 7.34. The molecule has 0 aromatic carbocycles. The molecule has 0 N–H and O–H groups in total. The summed E-state index contributed by atoms with van der Waals surface area (Å²) in [5.41, 5.74) is 0. The summed E-state index contributed by atoms with van der Waals surface area (Å²) in [5, 5.41) is 4.09. The Bertz CT molecular complexity index is 557. The lowest BCUT2D eigenvalue weighted by Gasteiger charge is -2.30. The lowest BCUT2D eigenvalue weighted by atomic mass is 9.98. The van der Waals surface area contributed by atoms with Crippen molar-refractivity contribution in [1.29, 1.82) is 0 Å². The first kappa shape index (κ1) is 19.3. The van der Waals surface area contributed by atoms with Crippen LogP contribution in [0.2, 0.25) is 0 Å². The fourth-order valence-corrected chi connectivity index (χ4v) is 3.81. The minimum atomic E-state index is 0.0385. The van der Waals surface area contributed by atoms with E-state index in [1.54, 1.807) is 0 Å². The van der Waals surface area contributed by atoms with Gasteiger partial charge in [-0.1, -0.05) is 18.0 Å². The number of hydrogen-bond acceptors (Lipinski definition) is 6. The number of rotatable bonds is 9. The Morgan fingerprint density at radius 1 is 1.23 bits per heavy atom. The van der Waals surface area contributed by atoms with Crippen molar-refractivity contribution in [2.24, 2.45) is 5.92 Å². The van der Waals surface area contributed by atoms with E-state index in [4.69, 9.17) is 14.0 Å². The fraction of sp³-hybridized carbons (Fsp3) is 0.842. The van der Waals surface area contributed by atoms with Crippen LogP contribution in [-0.4, -0.2) is 60.5 Å². The molecule has 2 fully saturated rings. The van der Waals surface area contributed by atoms with E-state index in [1.807, 2.05) is 11.8 Å². The fourth-order valence-electron chi connectivity index (χ4n) is 3.81. The van der Waals surface area contributed by atoms with Crippen molar-refractivity contribution in [1.82, 2.24) is 15.0 Å². The molecule has 1 aromatic rings. The maximum absolute atomic E-state index is 12.1. The van der Waals surface area contributed by atoms with Crippen molar-refractivity contribution in [3.8, 4) is 0 Å². The zero-order valence-corrected chi connectivity index (χ0v) is 15.8. The van der Waals surface area contributed by atoms with Gasteiger partial charge >= 0.3 is 0 Å². The van der Waals surface area contributed by atoms with E-state index in [-0.39, 0.29) is 18.4 Å². The van der Waals surface area contributed by atoms with Gasteiger partial charge in [0.05, 0.1) is 12.5 Å².